The van der Waals surface area contributed by atoms with Crippen molar-refractivity contribution < 1.29 is 9.84 Å². The quantitative estimate of drug-likeness (QED) is 0.612. The van der Waals surface area contributed by atoms with E-state index in [1.54, 1.807) is 0 Å². The lowest BCUT2D eigenvalue weighted by Gasteiger charge is -2.36. The van der Waals surface area contributed by atoms with Crippen LogP contribution in [-0.4, -0.2) is 28.4 Å². The average Bonchev–Trinajstić information content (AvgIpc) is 2.65. The van der Waals surface area contributed by atoms with E-state index in [4.69, 9.17) is 4.74 Å². The SMILES string of the molecule is CC[Si](CC)(CC)c1cc(CO)cc([Si](CC)(CC)CC)c1OC. The molecule has 4 heteroatoms. The van der Waals surface area contributed by atoms with Crippen molar-refractivity contribution >= 4 is 26.5 Å². The molecule has 0 saturated carbocycles. The minimum atomic E-state index is -1.57. The van der Waals surface area contributed by atoms with Gasteiger partial charge in [-0.25, -0.2) is 0 Å². The molecule has 0 aromatic heterocycles. The van der Waals surface area contributed by atoms with E-state index < -0.39 is 16.1 Å². The number of aliphatic hydroxyl groups excluding tert-OH is 1. The normalized spacial score (nSPS) is 12.5. The van der Waals surface area contributed by atoms with Crippen LogP contribution in [0.4, 0.5) is 0 Å². The Hall–Kier alpha value is -0.586. The molecule has 0 heterocycles. The van der Waals surface area contributed by atoms with Crippen molar-refractivity contribution in [3.63, 3.8) is 0 Å². The first-order valence-corrected chi connectivity index (χ1v) is 15.0. The van der Waals surface area contributed by atoms with Crippen LogP contribution in [0.3, 0.4) is 0 Å². The molecule has 24 heavy (non-hydrogen) atoms. The second kappa shape index (κ2) is 9.21. The number of ether oxygens (including phenoxy) is 1. The summed E-state index contributed by atoms with van der Waals surface area (Å²) in [5, 5.41) is 12.8. The molecular weight excluding hydrogens is 328 g/mol. The van der Waals surface area contributed by atoms with Gasteiger partial charge in [-0.3, -0.25) is 0 Å². The van der Waals surface area contributed by atoms with Crippen LogP contribution in [0.5, 0.6) is 5.75 Å². The molecule has 1 rings (SSSR count). The first-order valence-electron chi connectivity index (χ1n) is 9.80. The summed E-state index contributed by atoms with van der Waals surface area (Å²) in [4.78, 5) is 0. The smallest absolute Gasteiger partial charge is 0.117 e. The molecule has 1 N–H and O–H groups in total. The van der Waals surface area contributed by atoms with Crippen molar-refractivity contribution in [1.29, 1.82) is 0 Å². The van der Waals surface area contributed by atoms with E-state index >= 15 is 0 Å². The van der Waals surface area contributed by atoms with Crippen LogP contribution in [0.25, 0.3) is 0 Å². The summed E-state index contributed by atoms with van der Waals surface area (Å²) < 4.78 is 6.09. The number of aliphatic hydroxyl groups is 1. The number of rotatable bonds is 10. The molecule has 0 unspecified atom stereocenters. The van der Waals surface area contributed by atoms with E-state index in [1.165, 1.54) is 52.4 Å². The fraction of sp³-hybridized carbons (Fsp3) is 0.700. The molecule has 0 spiro atoms. The zero-order valence-corrected chi connectivity index (χ0v) is 19.0. The molecule has 0 amide bonds. The largest absolute Gasteiger partial charge is 0.497 e. The molecule has 0 atom stereocenters. The highest BCUT2D eigenvalue weighted by Crippen LogP contribution is 2.29. The van der Waals surface area contributed by atoms with Crippen molar-refractivity contribution in [2.75, 3.05) is 7.11 Å². The van der Waals surface area contributed by atoms with E-state index in [0.717, 1.165) is 5.56 Å². The molecule has 0 aliphatic rings. The summed E-state index contributed by atoms with van der Waals surface area (Å²) in [6, 6.07) is 12.0. The zero-order chi connectivity index (χ0) is 18.4. The second-order valence-electron chi connectivity index (χ2n) is 7.06. The van der Waals surface area contributed by atoms with Crippen molar-refractivity contribution in [3.05, 3.63) is 17.7 Å². The van der Waals surface area contributed by atoms with Crippen LogP contribution in [0, 0.1) is 0 Å². The number of hydrogen-bond acceptors (Lipinski definition) is 2. The minimum absolute atomic E-state index is 0.132. The van der Waals surface area contributed by atoms with Gasteiger partial charge in [0.2, 0.25) is 0 Å². The lowest BCUT2D eigenvalue weighted by atomic mass is 10.2. The van der Waals surface area contributed by atoms with Gasteiger partial charge in [0.25, 0.3) is 0 Å². The summed E-state index contributed by atoms with van der Waals surface area (Å²) in [6.45, 7) is 14.2. The van der Waals surface area contributed by atoms with Gasteiger partial charge in [-0.1, -0.05) is 89.9 Å². The van der Waals surface area contributed by atoms with E-state index in [9.17, 15) is 5.11 Å². The van der Waals surface area contributed by atoms with Gasteiger partial charge in [-0.05, 0) is 15.9 Å². The highest BCUT2D eigenvalue weighted by atomic mass is 28.3. The van der Waals surface area contributed by atoms with Crippen molar-refractivity contribution in [1.82, 2.24) is 0 Å². The Kier molecular flexibility index (Phi) is 8.23. The average molecular weight is 367 g/mol. The molecule has 0 bridgehead atoms. The molecule has 138 valence electrons. The molecule has 1 aromatic rings. The van der Waals surface area contributed by atoms with Gasteiger partial charge < -0.3 is 9.84 Å². The Morgan fingerprint density at radius 2 is 1.08 bits per heavy atom. The highest BCUT2D eigenvalue weighted by molar-refractivity contribution is 6.95. The van der Waals surface area contributed by atoms with E-state index in [2.05, 4.69) is 53.7 Å². The summed E-state index contributed by atoms with van der Waals surface area (Å²) in [5.41, 5.74) is 1.08. The molecule has 1 aromatic carbocycles. The Morgan fingerprint density at radius 3 is 1.29 bits per heavy atom. The van der Waals surface area contributed by atoms with Crippen LogP contribution in [-0.2, 0) is 6.61 Å². The Bertz CT molecular complexity index is 463. The van der Waals surface area contributed by atoms with Gasteiger partial charge in [-0.15, -0.1) is 0 Å². The zero-order valence-electron chi connectivity index (χ0n) is 17.0. The van der Waals surface area contributed by atoms with Gasteiger partial charge in [0, 0.05) is 0 Å². The molecule has 0 aliphatic carbocycles. The number of benzene rings is 1. The highest BCUT2D eigenvalue weighted by Gasteiger charge is 2.38. The summed E-state index contributed by atoms with van der Waals surface area (Å²) >= 11 is 0. The maximum atomic E-state index is 9.91. The third-order valence-corrected chi connectivity index (χ3v) is 17.9. The van der Waals surface area contributed by atoms with Crippen molar-refractivity contribution in [2.24, 2.45) is 0 Å². The minimum Gasteiger partial charge on any atom is -0.497 e. The van der Waals surface area contributed by atoms with Gasteiger partial charge in [-0.2, -0.15) is 0 Å². The topological polar surface area (TPSA) is 29.5 Å². The Labute approximate surface area is 151 Å². The molecule has 0 aliphatic heterocycles. The van der Waals surface area contributed by atoms with Gasteiger partial charge in [0.15, 0.2) is 0 Å². The maximum Gasteiger partial charge on any atom is 0.117 e. The monoisotopic (exact) mass is 366 g/mol. The van der Waals surface area contributed by atoms with Gasteiger partial charge >= 0.3 is 0 Å². The van der Waals surface area contributed by atoms with Crippen molar-refractivity contribution in [3.8, 4) is 5.75 Å². The van der Waals surface area contributed by atoms with Gasteiger partial charge in [0.05, 0.1) is 29.9 Å². The standard InChI is InChI=1S/C20H38O2Si2/c1-8-23(9-2,10-3)18-14-17(16-21)15-19(20(18)22-7)24(11-4,12-5)13-6/h14-15,21H,8-13,16H2,1-7H3. The molecule has 0 saturated heterocycles. The second-order valence-corrected chi connectivity index (χ2v) is 17.5. The van der Waals surface area contributed by atoms with Crippen LogP contribution >= 0.6 is 0 Å². The third kappa shape index (κ3) is 3.65. The Balaban J connectivity index is 3.83. The first-order chi connectivity index (χ1) is 11.5. The molecular formula is C20H38O2Si2. The van der Waals surface area contributed by atoms with E-state index in [1.807, 2.05) is 7.11 Å². The molecule has 2 nitrogen and oxygen atoms in total. The fourth-order valence-electron chi connectivity index (χ4n) is 4.43. The predicted octanol–water partition coefficient (Wildman–Crippen LogP) is 4.62. The molecule has 0 radical (unpaired) electrons. The lowest BCUT2D eigenvalue weighted by molar-refractivity contribution is 0.282. The fourth-order valence-corrected chi connectivity index (χ4v) is 12.3. The Morgan fingerprint density at radius 1 is 0.750 bits per heavy atom. The predicted molar refractivity (Wildman–Crippen MR) is 113 cm³/mol. The maximum absolute atomic E-state index is 9.91. The first kappa shape index (κ1) is 21.5. The van der Waals surface area contributed by atoms with E-state index in [0.29, 0.717) is 0 Å². The van der Waals surface area contributed by atoms with Crippen LogP contribution in [0.1, 0.15) is 47.1 Å². The summed E-state index contributed by atoms with van der Waals surface area (Å²) in [7, 11) is -1.29. The van der Waals surface area contributed by atoms with Gasteiger partial charge in [0.1, 0.15) is 5.75 Å². The lowest BCUT2D eigenvalue weighted by Crippen LogP contribution is -2.53. The summed E-state index contributed by atoms with van der Waals surface area (Å²) in [5.74, 6) is 1.18. The third-order valence-electron chi connectivity index (χ3n) is 6.74. The number of methoxy groups -OCH3 is 1. The van der Waals surface area contributed by atoms with Crippen LogP contribution in [0.2, 0.25) is 36.3 Å². The number of hydrogen-bond donors (Lipinski definition) is 1. The van der Waals surface area contributed by atoms with Crippen LogP contribution in [0.15, 0.2) is 12.1 Å². The van der Waals surface area contributed by atoms with Crippen LogP contribution < -0.4 is 15.1 Å². The van der Waals surface area contributed by atoms with Crippen molar-refractivity contribution in [2.45, 2.75) is 84.4 Å². The van der Waals surface area contributed by atoms with E-state index in [-0.39, 0.29) is 6.61 Å². The summed E-state index contributed by atoms with van der Waals surface area (Å²) in [6.07, 6.45) is 0. The molecule has 0 fully saturated rings.